The molecule has 0 saturated carbocycles. The van der Waals surface area contributed by atoms with E-state index in [4.69, 9.17) is 10.00 Å². The Kier molecular flexibility index (Phi) is 4.21. The monoisotopic (exact) mass is 251 g/mol. The summed E-state index contributed by atoms with van der Waals surface area (Å²) in [6.07, 6.45) is 2.62. The summed E-state index contributed by atoms with van der Waals surface area (Å²) in [7, 11) is 0. The molecule has 0 radical (unpaired) electrons. The van der Waals surface area contributed by atoms with Crippen LogP contribution in [0, 0.1) is 11.3 Å². The minimum absolute atomic E-state index is 0.612. The highest BCUT2D eigenvalue weighted by atomic mass is 79.9. The third kappa shape index (κ3) is 2.90. The summed E-state index contributed by atoms with van der Waals surface area (Å²) < 4.78 is 6.18. The van der Waals surface area contributed by atoms with Crippen LogP contribution in [0.15, 0.2) is 35.3 Å². The van der Waals surface area contributed by atoms with Crippen LogP contribution in [0.2, 0.25) is 0 Å². The standard InChI is InChI=1S/C11H10BrNO/c1-2-3-6-14-10-5-4-9(8-13)11(12)7-10/h2,4-5,7H,1,3,6H2. The van der Waals surface area contributed by atoms with Crippen molar-refractivity contribution in [1.82, 2.24) is 0 Å². The second-order valence-corrected chi connectivity index (χ2v) is 3.53. The molecule has 0 unspecified atom stereocenters. The Labute approximate surface area is 91.9 Å². The number of hydrogen-bond donors (Lipinski definition) is 0. The highest BCUT2D eigenvalue weighted by molar-refractivity contribution is 9.10. The molecule has 2 nitrogen and oxygen atoms in total. The van der Waals surface area contributed by atoms with Crippen molar-refractivity contribution in [2.45, 2.75) is 6.42 Å². The fourth-order valence-electron chi connectivity index (χ4n) is 0.936. The third-order valence-corrected chi connectivity index (χ3v) is 2.31. The molecule has 1 rings (SSSR count). The molecule has 1 aromatic carbocycles. The van der Waals surface area contributed by atoms with Gasteiger partial charge in [-0.25, -0.2) is 0 Å². The number of benzene rings is 1. The van der Waals surface area contributed by atoms with Gasteiger partial charge in [-0.2, -0.15) is 5.26 Å². The summed E-state index contributed by atoms with van der Waals surface area (Å²) in [6, 6.07) is 7.38. The predicted molar refractivity (Wildman–Crippen MR) is 59.2 cm³/mol. The molecular weight excluding hydrogens is 242 g/mol. The smallest absolute Gasteiger partial charge is 0.120 e. The van der Waals surface area contributed by atoms with Crippen LogP contribution in [-0.4, -0.2) is 6.61 Å². The van der Waals surface area contributed by atoms with Gasteiger partial charge in [0.1, 0.15) is 11.8 Å². The van der Waals surface area contributed by atoms with Crippen molar-refractivity contribution in [2.24, 2.45) is 0 Å². The van der Waals surface area contributed by atoms with Crippen molar-refractivity contribution < 1.29 is 4.74 Å². The van der Waals surface area contributed by atoms with Gasteiger partial charge in [0, 0.05) is 4.47 Å². The zero-order chi connectivity index (χ0) is 10.4. The molecule has 0 amide bonds. The number of nitriles is 1. The highest BCUT2D eigenvalue weighted by Crippen LogP contribution is 2.22. The first-order valence-corrected chi connectivity index (χ1v) is 5.00. The minimum atomic E-state index is 0.612. The van der Waals surface area contributed by atoms with E-state index in [1.807, 2.05) is 0 Å². The molecule has 1 aromatic rings. The molecule has 0 atom stereocenters. The molecule has 0 fully saturated rings. The molecule has 0 aliphatic carbocycles. The van der Waals surface area contributed by atoms with E-state index in [2.05, 4.69) is 28.6 Å². The first kappa shape index (κ1) is 10.8. The van der Waals surface area contributed by atoms with Crippen LogP contribution in [-0.2, 0) is 0 Å². The average Bonchev–Trinajstić information content (AvgIpc) is 2.18. The molecule has 0 aromatic heterocycles. The van der Waals surface area contributed by atoms with Gasteiger partial charge in [0.15, 0.2) is 0 Å². The lowest BCUT2D eigenvalue weighted by atomic mass is 10.2. The highest BCUT2D eigenvalue weighted by Gasteiger charge is 2.00. The van der Waals surface area contributed by atoms with Crippen molar-refractivity contribution in [3.8, 4) is 11.8 Å². The van der Waals surface area contributed by atoms with Crippen LogP contribution < -0.4 is 4.74 Å². The number of halogens is 1. The second-order valence-electron chi connectivity index (χ2n) is 2.68. The predicted octanol–water partition coefficient (Wildman–Crippen LogP) is 3.28. The number of nitrogens with zero attached hydrogens (tertiary/aromatic N) is 1. The molecule has 0 spiro atoms. The maximum Gasteiger partial charge on any atom is 0.120 e. The normalized spacial score (nSPS) is 9.14. The number of ether oxygens (including phenoxy) is 1. The van der Waals surface area contributed by atoms with Crippen LogP contribution in [0.1, 0.15) is 12.0 Å². The third-order valence-electron chi connectivity index (χ3n) is 1.65. The SMILES string of the molecule is C=CCCOc1ccc(C#N)c(Br)c1. The van der Waals surface area contributed by atoms with E-state index in [0.717, 1.165) is 16.6 Å². The van der Waals surface area contributed by atoms with Gasteiger partial charge in [0.2, 0.25) is 0 Å². The summed E-state index contributed by atoms with van der Waals surface area (Å²) in [5.74, 6) is 0.762. The molecule has 0 aliphatic heterocycles. The van der Waals surface area contributed by atoms with Gasteiger partial charge in [-0.3, -0.25) is 0 Å². The van der Waals surface area contributed by atoms with Gasteiger partial charge < -0.3 is 4.74 Å². The maximum absolute atomic E-state index is 8.69. The van der Waals surface area contributed by atoms with Crippen molar-refractivity contribution in [3.63, 3.8) is 0 Å². The van der Waals surface area contributed by atoms with E-state index in [1.54, 1.807) is 24.3 Å². The summed E-state index contributed by atoms with van der Waals surface area (Å²) in [5, 5.41) is 8.69. The molecule has 3 heteroatoms. The molecule has 0 aliphatic rings. The van der Waals surface area contributed by atoms with Gasteiger partial charge >= 0.3 is 0 Å². The summed E-state index contributed by atoms with van der Waals surface area (Å²) in [4.78, 5) is 0. The Hall–Kier alpha value is -1.27. The van der Waals surface area contributed by atoms with Gasteiger partial charge in [-0.05, 0) is 40.5 Å². The van der Waals surface area contributed by atoms with Crippen molar-refractivity contribution >= 4 is 15.9 Å². The summed E-state index contributed by atoms with van der Waals surface area (Å²) in [5.41, 5.74) is 0.612. The van der Waals surface area contributed by atoms with Crippen LogP contribution in [0.4, 0.5) is 0 Å². The van der Waals surface area contributed by atoms with Gasteiger partial charge in [-0.1, -0.05) is 6.08 Å². The maximum atomic E-state index is 8.69. The molecule has 0 heterocycles. The Morgan fingerprint density at radius 2 is 2.36 bits per heavy atom. The van der Waals surface area contributed by atoms with Crippen LogP contribution in [0.3, 0.4) is 0 Å². The quantitative estimate of drug-likeness (QED) is 0.608. The van der Waals surface area contributed by atoms with Gasteiger partial charge in [0.25, 0.3) is 0 Å². The Morgan fingerprint density at radius 3 is 2.93 bits per heavy atom. The van der Waals surface area contributed by atoms with E-state index < -0.39 is 0 Å². The Bertz CT molecular complexity index is 368. The average molecular weight is 252 g/mol. The van der Waals surface area contributed by atoms with Crippen LogP contribution in [0.5, 0.6) is 5.75 Å². The molecule has 0 saturated heterocycles. The molecule has 0 bridgehead atoms. The fourth-order valence-corrected chi connectivity index (χ4v) is 1.38. The Morgan fingerprint density at radius 1 is 1.57 bits per heavy atom. The van der Waals surface area contributed by atoms with Crippen molar-refractivity contribution in [1.29, 1.82) is 5.26 Å². The van der Waals surface area contributed by atoms with E-state index in [0.29, 0.717) is 12.2 Å². The largest absolute Gasteiger partial charge is 0.493 e. The number of rotatable bonds is 4. The van der Waals surface area contributed by atoms with E-state index >= 15 is 0 Å². The lowest BCUT2D eigenvalue weighted by Gasteiger charge is -2.04. The zero-order valence-electron chi connectivity index (χ0n) is 7.66. The van der Waals surface area contributed by atoms with Crippen molar-refractivity contribution in [2.75, 3.05) is 6.61 Å². The van der Waals surface area contributed by atoms with Crippen LogP contribution >= 0.6 is 15.9 Å². The molecule has 14 heavy (non-hydrogen) atoms. The summed E-state index contributed by atoms with van der Waals surface area (Å²) >= 11 is 3.29. The summed E-state index contributed by atoms with van der Waals surface area (Å²) in [6.45, 7) is 4.22. The van der Waals surface area contributed by atoms with Crippen molar-refractivity contribution in [3.05, 3.63) is 40.9 Å². The molecule has 0 N–H and O–H groups in total. The lowest BCUT2D eigenvalue weighted by molar-refractivity contribution is 0.325. The van der Waals surface area contributed by atoms with Gasteiger partial charge in [-0.15, -0.1) is 6.58 Å². The lowest BCUT2D eigenvalue weighted by Crippen LogP contribution is -1.95. The number of hydrogen-bond acceptors (Lipinski definition) is 2. The van der Waals surface area contributed by atoms with E-state index in [9.17, 15) is 0 Å². The molecule has 72 valence electrons. The first-order chi connectivity index (χ1) is 6.77. The first-order valence-electron chi connectivity index (χ1n) is 4.21. The van der Waals surface area contributed by atoms with Gasteiger partial charge in [0.05, 0.1) is 12.2 Å². The zero-order valence-corrected chi connectivity index (χ0v) is 9.25. The van der Waals surface area contributed by atoms with E-state index in [1.165, 1.54) is 0 Å². The second kappa shape index (κ2) is 5.46. The van der Waals surface area contributed by atoms with E-state index in [-0.39, 0.29) is 0 Å². The topological polar surface area (TPSA) is 33.0 Å². The Balaban J connectivity index is 2.67. The minimum Gasteiger partial charge on any atom is -0.493 e. The van der Waals surface area contributed by atoms with Crippen LogP contribution in [0.25, 0.3) is 0 Å². The fraction of sp³-hybridized carbons (Fsp3) is 0.182. The molecular formula is C11H10BrNO.